The fourth-order valence-corrected chi connectivity index (χ4v) is 4.43. The predicted molar refractivity (Wildman–Crippen MR) is 126 cm³/mol. The number of hydrogen-bond donors (Lipinski definition) is 3. The summed E-state index contributed by atoms with van der Waals surface area (Å²) in [6.07, 6.45) is 2.73. The lowest BCUT2D eigenvalue weighted by atomic mass is 10.2. The summed E-state index contributed by atoms with van der Waals surface area (Å²) < 4.78 is 55.8. The molecule has 0 aliphatic rings. The summed E-state index contributed by atoms with van der Waals surface area (Å²) in [6, 6.07) is 18.1. The van der Waals surface area contributed by atoms with E-state index in [1.807, 2.05) is 0 Å². The van der Waals surface area contributed by atoms with E-state index in [4.69, 9.17) is 9.88 Å². The molecule has 0 aliphatic heterocycles. The van der Waals surface area contributed by atoms with Crippen LogP contribution < -0.4 is 19.9 Å². The number of nitrogens with two attached hydrogens (primary N) is 1. The average Bonchev–Trinajstić information content (AvgIpc) is 2.78. The van der Waals surface area contributed by atoms with Gasteiger partial charge in [-0.25, -0.2) is 22.0 Å². The molecule has 0 spiro atoms. The number of rotatable bonds is 8. The van der Waals surface area contributed by atoms with E-state index in [-0.39, 0.29) is 15.5 Å². The van der Waals surface area contributed by atoms with Crippen LogP contribution in [0.15, 0.2) is 88.7 Å². The minimum Gasteiger partial charge on any atom is -0.495 e. The number of ether oxygens (including phenoxy) is 1. The first kappa shape index (κ1) is 24.0. The van der Waals surface area contributed by atoms with Gasteiger partial charge >= 0.3 is 0 Å². The van der Waals surface area contributed by atoms with E-state index in [0.29, 0.717) is 17.0 Å². The van der Waals surface area contributed by atoms with Gasteiger partial charge < -0.3 is 10.1 Å². The molecule has 0 aromatic heterocycles. The number of methoxy groups -OCH3 is 1. The van der Waals surface area contributed by atoms with E-state index >= 15 is 0 Å². The second kappa shape index (κ2) is 9.86. The van der Waals surface area contributed by atoms with E-state index < -0.39 is 26.0 Å². The lowest BCUT2D eigenvalue weighted by molar-refractivity contribution is -0.111. The van der Waals surface area contributed by atoms with Gasteiger partial charge in [0.25, 0.3) is 10.0 Å². The highest BCUT2D eigenvalue weighted by Crippen LogP contribution is 2.26. The molecular weight excluding hydrogens is 466 g/mol. The number of carbonyl (C=O) groups excluding carboxylic acids is 1. The van der Waals surface area contributed by atoms with Crippen LogP contribution in [0.3, 0.4) is 0 Å². The third-order valence-electron chi connectivity index (χ3n) is 4.40. The van der Waals surface area contributed by atoms with Crippen molar-refractivity contribution in [3.05, 3.63) is 84.4 Å². The predicted octanol–water partition coefficient (Wildman–Crippen LogP) is 2.80. The Bertz CT molecular complexity index is 1400. The molecule has 11 heteroatoms. The molecule has 0 bridgehead atoms. The van der Waals surface area contributed by atoms with Gasteiger partial charge in [-0.2, -0.15) is 0 Å². The Morgan fingerprint density at radius 2 is 1.61 bits per heavy atom. The van der Waals surface area contributed by atoms with Crippen LogP contribution in [0.1, 0.15) is 5.56 Å². The summed E-state index contributed by atoms with van der Waals surface area (Å²) in [5.41, 5.74) is 1.16. The van der Waals surface area contributed by atoms with Gasteiger partial charge in [0.1, 0.15) is 5.75 Å². The average molecular weight is 488 g/mol. The van der Waals surface area contributed by atoms with Crippen molar-refractivity contribution in [2.45, 2.75) is 9.79 Å². The number of hydrogen-bond acceptors (Lipinski definition) is 6. The zero-order chi connectivity index (χ0) is 24.1. The molecule has 172 valence electrons. The summed E-state index contributed by atoms with van der Waals surface area (Å²) in [7, 11) is -6.29. The van der Waals surface area contributed by atoms with Gasteiger partial charge in [0.2, 0.25) is 15.9 Å². The van der Waals surface area contributed by atoms with Gasteiger partial charge in [0.15, 0.2) is 0 Å². The second-order valence-corrected chi connectivity index (χ2v) is 10.0. The van der Waals surface area contributed by atoms with Gasteiger partial charge in [-0.3, -0.25) is 9.52 Å². The minimum atomic E-state index is -3.89. The molecule has 33 heavy (non-hydrogen) atoms. The minimum absolute atomic E-state index is 0.0369. The van der Waals surface area contributed by atoms with Gasteiger partial charge in [-0.1, -0.05) is 30.3 Å². The van der Waals surface area contributed by atoms with Crippen LogP contribution in [-0.2, 0) is 24.8 Å². The maximum Gasteiger partial charge on any atom is 0.262 e. The van der Waals surface area contributed by atoms with Crippen molar-refractivity contribution < 1.29 is 26.4 Å². The Balaban J connectivity index is 1.68. The molecule has 0 saturated carbocycles. The van der Waals surface area contributed by atoms with Crippen LogP contribution in [0, 0.1) is 0 Å². The van der Waals surface area contributed by atoms with E-state index in [0.717, 1.165) is 0 Å². The zero-order valence-corrected chi connectivity index (χ0v) is 19.1. The Morgan fingerprint density at radius 3 is 2.27 bits per heavy atom. The first-order valence-electron chi connectivity index (χ1n) is 9.46. The highest BCUT2D eigenvalue weighted by Gasteiger charge is 2.16. The molecule has 0 fully saturated rings. The number of primary sulfonamides is 1. The molecule has 3 aromatic rings. The molecule has 4 N–H and O–H groups in total. The molecule has 3 rings (SSSR count). The van der Waals surface area contributed by atoms with Crippen molar-refractivity contribution in [2.75, 3.05) is 17.1 Å². The molecule has 0 radical (unpaired) electrons. The van der Waals surface area contributed by atoms with Crippen molar-refractivity contribution in [1.29, 1.82) is 0 Å². The van der Waals surface area contributed by atoms with Crippen LogP contribution in [0.2, 0.25) is 0 Å². The van der Waals surface area contributed by atoms with Crippen LogP contribution in [0.4, 0.5) is 11.4 Å². The van der Waals surface area contributed by atoms with Crippen molar-refractivity contribution >= 4 is 43.4 Å². The number of amides is 1. The van der Waals surface area contributed by atoms with Crippen molar-refractivity contribution in [3.63, 3.8) is 0 Å². The normalized spacial score (nSPS) is 11.8. The fraction of sp³-hybridized carbons (Fsp3) is 0.0455. The second-order valence-electron chi connectivity index (χ2n) is 6.77. The van der Waals surface area contributed by atoms with E-state index in [1.54, 1.807) is 36.4 Å². The smallest absolute Gasteiger partial charge is 0.262 e. The highest BCUT2D eigenvalue weighted by atomic mass is 32.2. The zero-order valence-electron chi connectivity index (χ0n) is 17.4. The maximum absolute atomic E-state index is 12.6. The van der Waals surface area contributed by atoms with Crippen molar-refractivity contribution in [2.24, 2.45) is 5.14 Å². The highest BCUT2D eigenvalue weighted by molar-refractivity contribution is 7.92. The van der Waals surface area contributed by atoms with Crippen LogP contribution in [-0.4, -0.2) is 29.9 Å². The van der Waals surface area contributed by atoms with E-state index in [1.165, 1.54) is 55.7 Å². The monoisotopic (exact) mass is 487 g/mol. The Labute approximate surface area is 192 Å². The van der Waals surface area contributed by atoms with Crippen molar-refractivity contribution in [1.82, 2.24) is 0 Å². The first-order chi connectivity index (χ1) is 15.6. The number of para-hydroxylation sites is 2. The van der Waals surface area contributed by atoms with Crippen LogP contribution >= 0.6 is 0 Å². The van der Waals surface area contributed by atoms with Gasteiger partial charge in [-0.05, 0) is 54.1 Å². The summed E-state index contributed by atoms with van der Waals surface area (Å²) in [5, 5.41) is 7.62. The molecule has 9 nitrogen and oxygen atoms in total. The Hall–Kier alpha value is -3.67. The van der Waals surface area contributed by atoms with Crippen LogP contribution in [0.5, 0.6) is 5.75 Å². The maximum atomic E-state index is 12.6. The summed E-state index contributed by atoms with van der Waals surface area (Å²) >= 11 is 0. The third-order valence-corrected chi connectivity index (χ3v) is 6.69. The van der Waals surface area contributed by atoms with Gasteiger partial charge in [0.05, 0.1) is 22.6 Å². The number of anilines is 2. The topological polar surface area (TPSA) is 145 Å². The Kier molecular flexibility index (Phi) is 7.16. The quantitative estimate of drug-likeness (QED) is 0.417. The SMILES string of the molecule is COc1ccccc1NS(=O)(=O)c1ccc(C=CC(=O)Nc2cccc(S(N)(=O)=O)c2)cc1. The first-order valence-corrected chi connectivity index (χ1v) is 12.5. The summed E-state index contributed by atoms with van der Waals surface area (Å²) in [4.78, 5) is 12.1. The fourth-order valence-electron chi connectivity index (χ4n) is 2.80. The summed E-state index contributed by atoms with van der Waals surface area (Å²) in [6.45, 7) is 0. The third kappa shape index (κ3) is 6.42. The summed E-state index contributed by atoms with van der Waals surface area (Å²) in [5.74, 6) is -0.114. The molecule has 0 atom stereocenters. The molecular formula is C22H21N3O6S2. The standard InChI is InChI=1S/C22H21N3O6S2/c1-31-21-8-3-2-7-20(21)25-33(29,30)18-12-9-16(10-13-18)11-14-22(26)24-17-5-4-6-19(15-17)32(23,27)28/h2-15,25H,1H3,(H,24,26)(H2,23,27,28). The number of benzene rings is 3. The molecule has 0 heterocycles. The molecule has 1 amide bonds. The van der Waals surface area contributed by atoms with Gasteiger partial charge in [-0.15, -0.1) is 0 Å². The molecule has 0 aliphatic carbocycles. The molecule has 0 saturated heterocycles. The largest absolute Gasteiger partial charge is 0.495 e. The van der Waals surface area contributed by atoms with Gasteiger partial charge in [0, 0.05) is 11.8 Å². The number of carbonyl (C=O) groups is 1. The lowest BCUT2D eigenvalue weighted by Crippen LogP contribution is -2.13. The number of nitrogens with one attached hydrogen (secondary N) is 2. The Morgan fingerprint density at radius 1 is 0.909 bits per heavy atom. The van der Waals surface area contributed by atoms with E-state index in [2.05, 4.69) is 10.0 Å². The van der Waals surface area contributed by atoms with Crippen molar-refractivity contribution in [3.8, 4) is 5.75 Å². The molecule has 3 aromatic carbocycles. The number of sulfonamides is 2. The molecule has 0 unspecified atom stereocenters. The van der Waals surface area contributed by atoms with Crippen LogP contribution in [0.25, 0.3) is 6.08 Å². The van der Waals surface area contributed by atoms with E-state index in [9.17, 15) is 21.6 Å². The lowest BCUT2D eigenvalue weighted by Gasteiger charge is -2.11.